The van der Waals surface area contributed by atoms with Crippen LogP contribution in [0.1, 0.15) is 24.3 Å². The SMILES string of the molecule is CCn1ncc(Br)c1C(O)c1ccnc2ccccc12. The Kier molecular flexibility index (Phi) is 3.54. The first-order chi connectivity index (χ1) is 9.72. The molecule has 0 amide bonds. The third-order valence-corrected chi connectivity index (χ3v) is 3.98. The molecule has 0 aliphatic heterocycles. The summed E-state index contributed by atoms with van der Waals surface area (Å²) in [6, 6.07) is 9.66. The van der Waals surface area contributed by atoms with Crippen molar-refractivity contribution < 1.29 is 5.11 Å². The number of hydrogen-bond donors (Lipinski definition) is 1. The maximum absolute atomic E-state index is 10.8. The van der Waals surface area contributed by atoms with E-state index in [1.165, 1.54) is 0 Å². The molecule has 0 saturated heterocycles. The summed E-state index contributed by atoms with van der Waals surface area (Å²) in [5.74, 6) is 0. The first-order valence-electron chi connectivity index (χ1n) is 6.45. The Morgan fingerprint density at radius 2 is 2.10 bits per heavy atom. The molecule has 3 aromatic rings. The van der Waals surface area contributed by atoms with E-state index in [0.717, 1.165) is 26.6 Å². The van der Waals surface area contributed by atoms with Gasteiger partial charge in [-0.2, -0.15) is 5.10 Å². The van der Waals surface area contributed by atoms with Crippen molar-refractivity contribution in [1.82, 2.24) is 14.8 Å². The van der Waals surface area contributed by atoms with Crippen LogP contribution in [0.5, 0.6) is 0 Å². The summed E-state index contributed by atoms with van der Waals surface area (Å²) in [4.78, 5) is 4.33. The largest absolute Gasteiger partial charge is 0.382 e. The number of halogens is 1. The van der Waals surface area contributed by atoms with Crippen LogP contribution in [0.4, 0.5) is 0 Å². The van der Waals surface area contributed by atoms with Crippen LogP contribution in [0.3, 0.4) is 0 Å². The number of pyridine rings is 1. The van der Waals surface area contributed by atoms with Gasteiger partial charge in [0.15, 0.2) is 0 Å². The Labute approximate surface area is 125 Å². The van der Waals surface area contributed by atoms with E-state index in [1.807, 2.05) is 37.3 Å². The highest BCUT2D eigenvalue weighted by molar-refractivity contribution is 9.10. The standard InChI is InChI=1S/C15H14BrN3O/c1-2-19-14(12(16)9-18-19)15(20)11-7-8-17-13-6-4-3-5-10(11)13/h3-9,15,20H,2H2,1H3. The van der Waals surface area contributed by atoms with E-state index in [0.29, 0.717) is 6.54 Å². The predicted molar refractivity (Wildman–Crippen MR) is 81.4 cm³/mol. The summed E-state index contributed by atoms with van der Waals surface area (Å²) in [5.41, 5.74) is 2.48. The van der Waals surface area contributed by atoms with Crippen LogP contribution in [0.15, 0.2) is 47.2 Å². The molecule has 0 bridgehead atoms. The van der Waals surface area contributed by atoms with Crippen molar-refractivity contribution in [2.75, 3.05) is 0 Å². The third-order valence-electron chi connectivity index (χ3n) is 3.37. The fourth-order valence-electron chi connectivity index (χ4n) is 2.40. The number of rotatable bonds is 3. The molecule has 1 aromatic carbocycles. The van der Waals surface area contributed by atoms with Crippen LogP contribution in [-0.4, -0.2) is 19.9 Å². The smallest absolute Gasteiger partial charge is 0.122 e. The molecule has 0 spiro atoms. The van der Waals surface area contributed by atoms with E-state index < -0.39 is 6.10 Å². The van der Waals surface area contributed by atoms with Crippen molar-refractivity contribution >= 4 is 26.8 Å². The summed E-state index contributed by atoms with van der Waals surface area (Å²) >= 11 is 3.46. The number of aryl methyl sites for hydroxylation is 1. The van der Waals surface area contributed by atoms with Gasteiger partial charge in [0.2, 0.25) is 0 Å². The Morgan fingerprint density at radius 1 is 1.30 bits per heavy atom. The van der Waals surface area contributed by atoms with E-state index in [9.17, 15) is 5.11 Å². The highest BCUT2D eigenvalue weighted by Gasteiger charge is 2.20. The highest BCUT2D eigenvalue weighted by Crippen LogP contribution is 2.31. The van der Waals surface area contributed by atoms with E-state index in [-0.39, 0.29) is 0 Å². The number of aromatic nitrogens is 3. The Hall–Kier alpha value is -1.72. The van der Waals surface area contributed by atoms with Crippen molar-refractivity contribution in [1.29, 1.82) is 0 Å². The molecule has 3 rings (SSSR count). The minimum Gasteiger partial charge on any atom is -0.382 e. The molecule has 1 atom stereocenters. The zero-order chi connectivity index (χ0) is 14.1. The van der Waals surface area contributed by atoms with Crippen molar-refractivity contribution in [3.8, 4) is 0 Å². The molecule has 0 aliphatic rings. The molecule has 0 aliphatic carbocycles. The lowest BCUT2D eigenvalue weighted by Crippen LogP contribution is -2.10. The second-order valence-corrected chi connectivity index (χ2v) is 5.37. The number of para-hydroxylation sites is 1. The first kappa shape index (κ1) is 13.3. The summed E-state index contributed by atoms with van der Waals surface area (Å²) < 4.78 is 2.61. The van der Waals surface area contributed by atoms with Gasteiger partial charge in [-0.05, 0) is 40.5 Å². The van der Waals surface area contributed by atoms with Gasteiger partial charge < -0.3 is 5.11 Å². The van der Waals surface area contributed by atoms with Gasteiger partial charge in [0, 0.05) is 18.1 Å². The normalized spacial score (nSPS) is 12.8. The molecule has 0 saturated carbocycles. The third kappa shape index (κ3) is 2.13. The minimum absolute atomic E-state index is 0.709. The molecular formula is C15H14BrN3O. The minimum atomic E-state index is -0.736. The monoisotopic (exact) mass is 331 g/mol. The van der Waals surface area contributed by atoms with E-state index >= 15 is 0 Å². The summed E-state index contributed by atoms with van der Waals surface area (Å²) in [5, 5.41) is 16.0. The van der Waals surface area contributed by atoms with Crippen molar-refractivity contribution in [3.05, 3.63) is 58.5 Å². The highest BCUT2D eigenvalue weighted by atomic mass is 79.9. The van der Waals surface area contributed by atoms with Crippen molar-refractivity contribution in [2.45, 2.75) is 19.6 Å². The molecule has 2 aromatic heterocycles. The second kappa shape index (κ2) is 5.34. The van der Waals surface area contributed by atoms with Gasteiger partial charge in [-0.25, -0.2) is 0 Å². The lowest BCUT2D eigenvalue weighted by molar-refractivity contribution is 0.208. The van der Waals surface area contributed by atoms with E-state index in [1.54, 1.807) is 17.1 Å². The van der Waals surface area contributed by atoms with Gasteiger partial charge in [0.25, 0.3) is 0 Å². The van der Waals surface area contributed by atoms with Crippen LogP contribution >= 0.6 is 15.9 Å². The maximum Gasteiger partial charge on any atom is 0.122 e. The van der Waals surface area contributed by atoms with Crippen LogP contribution in [-0.2, 0) is 6.54 Å². The van der Waals surface area contributed by atoms with Gasteiger partial charge in [0.05, 0.1) is 21.9 Å². The number of nitrogens with zero attached hydrogens (tertiary/aromatic N) is 3. The van der Waals surface area contributed by atoms with Gasteiger partial charge in [-0.1, -0.05) is 18.2 Å². The fraction of sp³-hybridized carbons (Fsp3) is 0.200. The summed E-state index contributed by atoms with van der Waals surface area (Å²) in [6.07, 6.45) is 2.70. The first-order valence-corrected chi connectivity index (χ1v) is 7.24. The maximum atomic E-state index is 10.8. The zero-order valence-corrected chi connectivity index (χ0v) is 12.6. The average Bonchev–Trinajstić information content (AvgIpc) is 2.87. The van der Waals surface area contributed by atoms with Crippen molar-refractivity contribution in [2.24, 2.45) is 0 Å². The number of benzene rings is 1. The zero-order valence-electron chi connectivity index (χ0n) is 11.0. The topological polar surface area (TPSA) is 50.9 Å². The molecule has 102 valence electrons. The van der Waals surface area contributed by atoms with Crippen LogP contribution < -0.4 is 0 Å². The molecule has 2 heterocycles. The van der Waals surface area contributed by atoms with Gasteiger partial charge in [-0.3, -0.25) is 9.67 Å². The van der Waals surface area contributed by atoms with Gasteiger partial charge in [0.1, 0.15) is 6.10 Å². The molecular weight excluding hydrogens is 318 g/mol. The molecule has 4 nitrogen and oxygen atoms in total. The average molecular weight is 332 g/mol. The lowest BCUT2D eigenvalue weighted by Gasteiger charge is -2.15. The molecule has 1 N–H and O–H groups in total. The summed E-state index contributed by atoms with van der Waals surface area (Å²) in [7, 11) is 0. The molecule has 20 heavy (non-hydrogen) atoms. The number of aliphatic hydroxyl groups excluding tert-OH is 1. The molecule has 5 heteroatoms. The Bertz CT molecular complexity index is 748. The van der Waals surface area contributed by atoms with Crippen LogP contribution in [0.2, 0.25) is 0 Å². The second-order valence-electron chi connectivity index (χ2n) is 4.51. The van der Waals surface area contributed by atoms with E-state index in [2.05, 4.69) is 26.0 Å². The van der Waals surface area contributed by atoms with Crippen LogP contribution in [0.25, 0.3) is 10.9 Å². The molecule has 1 unspecified atom stereocenters. The predicted octanol–water partition coefficient (Wildman–Crippen LogP) is 3.30. The number of hydrogen-bond acceptors (Lipinski definition) is 3. The van der Waals surface area contributed by atoms with Gasteiger partial charge in [-0.15, -0.1) is 0 Å². The van der Waals surface area contributed by atoms with E-state index in [4.69, 9.17) is 0 Å². The molecule has 0 radical (unpaired) electrons. The number of aliphatic hydroxyl groups is 1. The fourth-order valence-corrected chi connectivity index (χ4v) is 2.91. The molecule has 0 fully saturated rings. The van der Waals surface area contributed by atoms with Crippen molar-refractivity contribution in [3.63, 3.8) is 0 Å². The summed E-state index contributed by atoms with van der Waals surface area (Å²) in [6.45, 7) is 2.71. The Morgan fingerprint density at radius 3 is 2.90 bits per heavy atom. The Balaban J connectivity index is 2.17. The van der Waals surface area contributed by atoms with Crippen LogP contribution in [0, 0.1) is 0 Å². The quantitative estimate of drug-likeness (QED) is 0.801. The lowest BCUT2D eigenvalue weighted by atomic mass is 10.0. The number of fused-ring (bicyclic) bond motifs is 1. The van der Waals surface area contributed by atoms with Gasteiger partial charge >= 0.3 is 0 Å².